The van der Waals surface area contributed by atoms with E-state index in [0.717, 1.165) is 12.8 Å². The van der Waals surface area contributed by atoms with Crippen LogP contribution in [0.2, 0.25) is 0 Å². The number of anilines is 2. The molecule has 1 aromatic heterocycles. The SMILES string of the molecule is CCCC(COC)Nc1ncnc(N)c1Br. The molecule has 0 saturated carbocycles. The van der Waals surface area contributed by atoms with E-state index < -0.39 is 0 Å². The lowest BCUT2D eigenvalue weighted by Gasteiger charge is -2.18. The maximum absolute atomic E-state index is 5.68. The van der Waals surface area contributed by atoms with Gasteiger partial charge in [-0.2, -0.15) is 0 Å². The Balaban J connectivity index is 2.72. The molecular weight excluding hydrogens is 272 g/mol. The summed E-state index contributed by atoms with van der Waals surface area (Å²) < 4.78 is 5.85. The van der Waals surface area contributed by atoms with E-state index in [1.54, 1.807) is 7.11 Å². The van der Waals surface area contributed by atoms with Crippen LogP contribution in [0.4, 0.5) is 11.6 Å². The first kappa shape index (κ1) is 13.2. The predicted octanol–water partition coefficient (Wildman–Crippen LogP) is 2.05. The molecule has 0 aliphatic carbocycles. The zero-order chi connectivity index (χ0) is 12.0. The van der Waals surface area contributed by atoms with Gasteiger partial charge in [0, 0.05) is 7.11 Å². The van der Waals surface area contributed by atoms with Crippen LogP contribution in [0.3, 0.4) is 0 Å². The van der Waals surface area contributed by atoms with Crippen LogP contribution in [0.25, 0.3) is 0 Å². The summed E-state index contributed by atoms with van der Waals surface area (Å²) in [5.41, 5.74) is 5.68. The minimum Gasteiger partial charge on any atom is -0.383 e. The molecule has 0 aromatic carbocycles. The van der Waals surface area contributed by atoms with E-state index >= 15 is 0 Å². The summed E-state index contributed by atoms with van der Waals surface area (Å²) in [6.45, 7) is 2.78. The van der Waals surface area contributed by atoms with Crippen molar-refractivity contribution in [2.24, 2.45) is 0 Å². The third-order valence-corrected chi connectivity index (χ3v) is 2.94. The lowest BCUT2D eigenvalue weighted by molar-refractivity contribution is 0.182. The zero-order valence-electron chi connectivity index (χ0n) is 9.53. The van der Waals surface area contributed by atoms with E-state index in [-0.39, 0.29) is 6.04 Å². The van der Waals surface area contributed by atoms with Crippen LogP contribution in [0.15, 0.2) is 10.8 Å². The van der Waals surface area contributed by atoms with Crippen molar-refractivity contribution in [2.45, 2.75) is 25.8 Å². The van der Waals surface area contributed by atoms with Gasteiger partial charge in [0.1, 0.15) is 22.4 Å². The maximum atomic E-state index is 5.68. The normalized spacial score (nSPS) is 12.4. The highest BCUT2D eigenvalue weighted by Gasteiger charge is 2.11. The van der Waals surface area contributed by atoms with Crippen LogP contribution in [-0.4, -0.2) is 29.7 Å². The van der Waals surface area contributed by atoms with Crippen LogP contribution >= 0.6 is 15.9 Å². The van der Waals surface area contributed by atoms with Crippen molar-refractivity contribution in [2.75, 3.05) is 24.8 Å². The lowest BCUT2D eigenvalue weighted by Crippen LogP contribution is -2.25. The smallest absolute Gasteiger partial charge is 0.146 e. The molecule has 5 nitrogen and oxygen atoms in total. The fourth-order valence-electron chi connectivity index (χ4n) is 1.42. The first-order valence-electron chi connectivity index (χ1n) is 5.20. The van der Waals surface area contributed by atoms with Gasteiger partial charge >= 0.3 is 0 Å². The highest BCUT2D eigenvalue weighted by Crippen LogP contribution is 2.24. The average molecular weight is 289 g/mol. The van der Waals surface area contributed by atoms with Crippen molar-refractivity contribution in [3.8, 4) is 0 Å². The number of aromatic nitrogens is 2. The second-order valence-electron chi connectivity index (χ2n) is 3.51. The number of rotatable bonds is 6. The highest BCUT2D eigenvalue weighted by molar-refractivity contribution is 9.10. The maximum Gasteiger partial charge on any atom is 0.146 e. The van der Waals surface area contributed by atoms with E-state index in [2.05, 4.69) is 38.1 Å². The molecule has 0 spiro atoms. The molecule has 1 aromatic rings. The van der Waals surface area contributed by atoms with Crippen molar-refractivity contribution in [3.63, 3.8) is 0 Å². The number of nitrogens with one attached hydrogen (secondary N) is 1. The van der Waals surface area contributed by atoms with Crippen LogP contribution in [0, 0.1) is 0 Å². The van der Waals surface area contributed by atoms with Crippen molar-refractivity contribution in [3.05, 3.63) is 10.8 Å². The van der Waals surface area contributed by atoms with Gasteiger partial charge in [0.2, 0.25) is 0 Å². The van der Waals surface area contributed by atoms with E-state index in [0.29, 0.717) is 22.7 Å². The molecule has 0 bridgehead atoms. The summed E-state index contributed by atoms with van der Waals surface area (Å²) in [6, 6.07) is 0.237. The van der Waals surface area contributed by atoms with Crippen LogP contribution in [0.5, 0.6) is 0 Å². The fraction of sp³-hybridized carbons (Fsp3) is 0.600. The van der Waals surface area contributed by atoms with E-state index in [9.17, 15) is 0 Å². The summed E-state index contributed by atoms with van der Waals surface area (Å²) in [5.74, 6) is 1.15. The van der Waals surface area contributed by atoms with Gasteiger partial charge in [-0.25, -0.2) is 9.97 Å². The third-order valence-electron chi connectivity index (χ3n) is 2.16. The molecule has 16 heavy (non-hydrogen) atoms. The Morgan fingerprint density at radius 1 is 1.56 bits per heavy atom. The molecule has 1 atom stereocenters. The Kier molecular flexibility index (Phi) is 5.48. The van der Waals surface area contributed by atoms with Gasteiger partial charge in [-0.1, -0.05) is 13.3 Å². The molecule has 0 amide bonds. The quantitative estimate of drug-likeness (QED) is 0.838. The first-order chi connectivity index (χ1) is 7.69. The van der Waals surface area contributed by atoms with E-state index in [4.69, 9.17) is 10.5 Å². The molecule has 1 unspecified atom stereocenters. The topological polar surface area (TPSA) is 73.1 Å². The average Bonchev–Trinajstić information content (AvgIpc) is 2.25. The Labute approximate surface area is 104 Å². The molecule has 1 rings (SSSR count). The first-order valence-corrected chi connectivity index (χ1v) is 5.99. The number of nitrogens with two attached hydrogens (primary N) is 1. The number of nitrogens with zero attached hydrogens (tertiary/aromatic N) is 2. The van der Waals surface area contributed by atoms with E-state index in [1.165, 1.54) is 6.33 Å². The second-order valence-corrected chi connectivity index (χ2v) is 4.30. The number of nitrogen functional groups attached to an aromatic ring is 1. The fourth-order valence-corrected chi connectivity index (χ4v) is 1.74. The standard InChI is InChI=1S/C10H17BrN4O/c1-3-4-7(5-16-2)15-10-8(11)9(12)13-6-14-10/h6-7H,3-5H2,1-2H3,(H3,12,13,14,15). The van der Waals surface area contributed by atoms with Gasteiger partial charge in [-0.15, -0.1) is 0 Å². The molecule has 3 N–H and O–H groups in total. The molecule has 6 heteroatoms. The second kappa shape index (κ2) is 6.65. The lowest BCUT2D eigenvalue weighted by atomic mass is 10.2. The largest absolute Gasteiger partial charge is 0.383 e. The number of hydrogen-bond donors (Lipinski definition) is 2. The summed E-state index contributed by atoms with van der Waals surface area (Å²) in [6.07, 6.45) is 3.54. The molecule has 1 heterocycles. The molecule has 0 saturated heterocycles. The predicted molar refractivity (Wildman–Crippen MR) is 68.3 cm³/mol. The molecule has 90 valence electrons. The monoisotopic (exact) mass is 288 g/mol. The molecule has 0 aliphatic heterocycles. The molecule has 0 aliphatic rings. The van der Waals surface area contributed by atoms with Crippen molar-refractivity contribution in [1.82, 2.24) is 9.97 Å². The van der Waals surface area contributed by atoms with Crippen molar-refractivity contribution in [1.29, 1.82) is 0 Å². The van der Waals surface area contributed by atoms with Gasteiger partial charge < -0.3 is 15.8 Å². The Bertz CT molecular complexity index is 329. The Hall–Kier alpha value is -0.880. The van der Waals surface area contributed by atoms with Crippen molar-refractivity contribution < 1.29 is 4.74 Å². The minimum absolute atomic E-state index is 0.237. The molecular formula is C10H17BrN4O. The van der Waals surface area contributed by atoms with Crippen LogP contribution in [-0.2, 0) is 4.74 Å². The van der Waals surface area contributed by atoms with Gasteiger partial charge in [-0.05, 0) is 22.4 Å². The summed E-state index contributed by atoms with van der Waals surface area (Å²) in [5, 5.41) is 3.29. The minimum atomic E-state index is 0.237. The number of ether oxygens (including phenoxy) is 1. The number of methoxy groups -OCH3 is 1. The summed E-state index contributed by atoms with van der Waals surface area (Å²) in [4.78, 5) is 8.03. The number of halogens is 1. The van der Waals surface area contributed by atoms with Gasteiger partial charge in [0.25, 0.3) is 0 Å². The van der Waals surface area contributed by atoms with Crippen LogP contribution < -0.4 is 11.1 Å². The molecule has 0 fully saturated rings. The number of hydrogen-bond acceptors (Lipinski definition) is 5. The van der Waals surface area contributed by atoms with Crippen molar-refractivity contribution >= 4 is 27.6 Å². The van der Waals surface area contributed by atoms with E-state index in [1.807, 2.05) is 0 Å². The molecule has 0 radical (unpaired) electrons. The van der Waals surface area contributed by atoms with Crippen LogP contribution in [0.1, 0.15) is 19.8 Å². The Morgan fingerprint density at radius 2 is 2.31 bits per heavy atom. The summed E-state index contributed by atoms with van der Waals surface area (Å²) >= 11 is 3.36. The third kappa shape index (κ3) is 3.61. The highest BCUT2D eigenvalue weighted by atomic mass is 79.9. The van der Waals surface area contributed by atoms with Gasteiger partial charge in [-0.3, -0.25) is 0 Å². The van der Waals surface area contributed by atoms with Gasteiger partial charge in [0.05, 0.1) is 12.6 Å². The van der Waals surface area contributed by atoms with Gasteiger partial charge in [0.15, 0.2) is 0 Å². The zero-order valence-corrected chi connectivity index (χ0v) is 11.1. The Morgan fingerprint density at radius 3 is 2.94 bits per heavy atom. The summed E-state index contributed by atoms with van der Waals surface area (Å²) in [7, 11) is 1.69.